The van der Waals surface area contributed by atoms with Gasteiger partial charge in [0.1, 0.15) is 0 Å². The second-order valence-corrected chi connectivity index (χ2v) is 4.20. The van der Waals surface area contributed by atoms with Crippen LogP contribution in [0.15, 0.2) is 0 Å². The molecule has 0 heterocycles. The Balaban J connectivity index is 0. The van der Waals surface area contributed by atoms with Crippen molar-refractivity contribution in [3.63, 3.8) is 0 Å². The average Bonchev–Trinajstić information content (AvgIpc) is 2.06. The van der Waals surface area contributed by atoms with Crippen LogP contribution in [0.5, 0.6) is 0 Å². The number of hydrogen-bond acceptors (Lipinski definition) is 1. The van der Waals surface area contributed by atoms with Gasteiger partial charge >= 0.3 is 23.1 Å². The van der Waals surface area contributed by atoms with Crippen molar-refractivity contribution < 1.29 is 29.1 Å². The second-order valence-electron chi connectivity index (χ2n) is 4.20. The summed E-state index contributed by atoms with van der Waals surface area (Å²) >= 11 is 0. The molecule has 0 aromatic rings. The van der Waals surface area contributed by atoms with Crippen molar-refractivity contribution in [3.05, 3.63) is 0 Å². The molecule has 0 bridgehead atoms. The Morgan fingerprint density at radius 1 is 1.07 bits per heavy atom. The van der Waals surface area contributed by atoms with E-state index in [1.54, 1.807) is 0 Å². The molecule has 1 saturated carbocycles. The summed E-state index contributed by atoms with van der Waals surface area (Å²) in [5, 5.41) is 12.0. The monoisotopic (exact) mass is 320 g/mol. The zero-order chi connectivity index (χ0) is 8.86. The van der Waals surface area contributed by atoms with E-state index in [0.29, 0.717) is 0 Å². The van der Waals surface area contributed by atoms with Crippen LogP contribution in [-0.2, 0) is 0 Å². The van der Waals surface area contributed by atoms with E-state index in [0.717, 1.165) is 25.7 Å². The maximum atomic E-state index is 12.0. The van der Waals surface area contributed by atoms with E-state index in [9.17, 15) is 5.11 Å². The Bertz CT molecular complexity index is 124. The van der Waals surface area contributed by atoms with E-state index in [4.69, 9.17) is 0 Å². The summed E-state index contributed by atoms with van der Waals surface area (Å²) < 4.78 is 0. The normalized spacial score (nSPS) is 19.3. The summed E-state index contributed by atoms with van der Waals surface area (Å²) in [7, 11) is 0. The smallest absolute Gasteiger partial charge is 1.00 e. The van der Waals surface area contributed by atoms with Gasteiger partial charge in [0.05, 0.1) is 0 Å². The van der Waals surface area contributed by atoms with E-state index in [2.05, 4.69) is 6.92 Å². The first kappa shape index (κ1) is 17.8. The molecule has 0 N–H and O–H groups in total. The summed E-state index contributed by atoms with van der Waals surface area (Å²) in [4.78, 5) is 0. The number of halogens is 1. The fourth-order valence-corrected chi connectivity index (χ4v) is 2.14. The molecule has 1 nitrogen and oxygen atoms in total. The van der Waals surface area contributed by atoms with E-state index in [1.807, 2.05) is 0 Å². The molecule has 0 aromatic heterocycles. The average molecular weight is 320 g/mol. The van der Waals surface area contributed by atoms with E-state index >= 15 is 0 Å². The van der Waals surface area contributed by atoms with Crippen molar-refractivity contribution in [2.24, 2.45) is 0 Å². The molecule has 3 heteroatoms. The third-order valence-corrected chi connectivity index (χ3v) is 3.00. The van der Waals surface area contributed by atoms with E-state index < -0.39 is 5.60 Å². The molecule has 0 amide bonds. The molecule has 0 radical (unpaired) electrons. The summed E-state index contributed by atoms with van der Waals surface area (Å²) in [5.41, 5.74) is -0.520. The fraction of sp³-hybridized carbons (Fsp3) is 1.00. The van der Waals surface area contributed by atoms with Gasteiger partial charge < -0.3 is 29.1 Å². The van der Waals surface area contributed by atoms with Crippen molar-refractivity contribution in [1.82, 2.24) is 0 Å². The molecule has 1 rings (SSSR count). The van der Waals surface area contributed by atoms with Crippen molar-refractivity contribution in [2.75, 3.05) is 0 Å². The van der Waals surface area contributed by atoms with Gasteiger partial charge in [-0.1, -0.05) is 64.7 Å². The minimum Gasteiger partial charge on any atom is -1.00 e. The maximum absolute atomic E-state index is 12.0. The Kier molecular flexibility index (Phi) is 12.3. The van der Waals surface area contributed by atoms with Crippen LogP contribution in [0, 0.1) is 0 Å². The fourth-order valence-electron chi connectivity index (χ4n) is 2.14. The quantitative estimate of drug-likeness (QED) is 0.380. The van der Waals surface area contributed by atoms with Gasteiger partial charge in [-0.05, 0) is 0 Å². The van der Waals surface area contributed by atoms with Gasteiger partial charge in [0.15, 0.2) is 0 Å². The minimum atomic E-state index is -0.520. The van der Waals surface area contributed by atoms with Gasteiger partial charge in [-0.3, -0.25) is 0 Å². The van der Waals surface area contributed by atoms with Gasteiger partial charge in [-0.15, -0.1) is 5.60 Å². The largest absolute Gasteiger partial charge is 2.00 e. The minimum absolute atomic E-state index is 0. The molecule has 80 valence electrons. The molecule has 1 fully saturated rings. The molecule has 0 aromatic carbocycles. The van der Waals surface area contributed by atoms with Crippen LogP contribution < -0.4 is 29.1 Å². The molecule has 0 spiro atoms. The third-order valence-electron chi connectivity index (χ3n) is 3.00. The van der Waals surface area contributed by atoms with Crippen LogP contribution in [-0.4, -0.2) is 28.7 Å². The van der Waals surface area contributed by atoms with Crippen LogP contribution in [0.2, 0.25) is 0 Å². The molecule has 0 aliphatic heterocycles. The first-order valence-corrected chi connectivity index (χ1v) is 5.47. The van der Waals surface area contributed by atoms with Crippen molar-refractivity contribution in [3.8, 4) is 0 Å². The first-order valence-electron chi connectivity index (χ1n) is 5.47. The van der Waals surface area contributed by atoms with Crippen LogP contribution >= 0.6 is 0 Å². The molecular formula is C11H21IMgO. The first-order chi connectivity index (χ1) is 5.77. The van der Waals surface area contributed by atoms with Gasteiger partial charge in [-0.2, -0.15) is 0 Å². The summed E-state index contributed by atoms with van der Waals surface area (Å²) in [6.45, 7) is 2.19. The van der Waals surface area contributed by atoms with Crippen molar-refractivity contribution in [2.45, 2.75) is 70.3 Å². The molecule has 0 unspecified atom stereocenters. The molecule has 1 aliphatic rings. The van der Waals surface area contributed by atoms with Gasteiger partial charge in [0.2, 0.25) is 0 Å². The zero-order valence-corrected chi connectivity index (χ0v) is 12.9. The van der Waals surface area contributed by atoms with Gasteiger partial charge in [0, 0.05) is 0 Å². The maximum Gasteiger partial charge on any atom is 2.00 e. The molecule has 0 saturated heterocycles. The van der Waals surface area contributed by atoms with Gasteiger partial charge in [0.25, 0.3) is 0 Å². The Morgan fingerprint density at radius 2 is 1.64 bits per heavy atom. The summed E-state index contributed by atoms with van der Waals surface area (Å²) in [6.07, 6.45) is 10.1. The van der Waals surface area contributed by atoms with E-state index in [1.165, 1.54) is 32.1 Å². The Morgan fingerprint density at radius 3 is 2.14 bits per heavy atom. The van der Waals surface area contributed by atoms with Gasteiger partial charge in [-0.25, -0.2) is 0 Å². The Labute approximate surface area is 122 Å². The van der Waals surface area contributed by atoms with Crippen LogP contribution in [0.4, 0.5) is 0 Å². The van der Waals surface area contributed by atoms with Crippen LogP contribution in [0.25, 0.3) is 0 Å². The van der Waals surface area contributed by atoms with Crippen molar-refractivity contribution in [1.29, 1.82) is 0 Å². The molecule has 0 atom stereocenters. The van der Waals surface area contributed by atoms with Crippen LogP contribution in [0.1, 0.15) is 64.7 Å². The summed E-state index contributed by atoms with van der Waals surface area (Å²) in [5.74, 6) is 0. The van der Waals surface area contributed by atoms with Crippen molar-refractivity contribution >= 4 is 23.1 Å². The third kappa shape index (κ3) is 6.85. The predicted octanol–water partition coefficient (Wildman–Crippen LogP) is -0.747. The van der Waals surface area contributed by atoms with Crippen LogP contribution in [0.3, 0.4) is 0 Å². The number of rotatable bonds is 4. The molecule has 1 aliphatic carbocycles. The second kappa shape index (κ2) is 9.67. The molecule has 14 heavy (non-hydrogen) atoms. The molecular weight excluding hydrogens is 299 g/mol. The number of unbranched alkanes of at least 4 members (excludes halogenated alkanes) is 2. The van der Waals surface area contributed by atoms with E-state index in [-0.39, 0.29) is 47.0 Å². The Hall–Kier alpha value is 1.46. The predicted molar refractivity (Wildman–Crippen MR) is 55.7 cm³/mol. The summed E-state index contributed by atoms with van der Waals surface area (Å²) in [6, 6.07) is 0. The standard InChI is InChI=1S/C11H21O.HI.Mg/c1-2-3-5-8-11(12)9-6-4-7-10-11;;/h2-10H2,1H3;1H;/q-1;;+2/p-1. The topological polar surface area (TPSA) is 23.1 Å². The SMILES string of the molecule is CCCCCC1([O-])CCCCC1.[I-].[Mg+2]. The number of hydrogen-bond donors (Lipinski definition) is 0. The zero-order valence-electron chi connectivity index (χ0n) is 9.36.